The third-order valence-electron chi connectivity index (χ3n) is 5.09. The van der Waals surface area contributed by atoms with Gasteiger partial charge < -0.3 is 15.4 Å². The van der Waals surface area contributed by atoms with Gasteiger partial charge in [-0.1, -0.05) is 44.2 Å². The summed E-state index contributed by atoms with van der Waals surface area (Å²) in [6.07, 6.45) is 1.14. The molecular formula is C22H26N2O3. The van der Waals surface area contributed by atoms with Gasteiger partial charge in [-0.25, -0.2) is 0 Å². The monoisotopic (exact) mass is 366 g/mol. The number of ether oxygens (including phenoxy) is 1. The zero-order chi connectivity index (χ0) is 19.4. The summed E-state index contributed by atoms with van der Waals surface area (Å²) in [5, 5.41) is 5.78. The summed E-state index contributed by atoms with van der Waals surface area (Å²) >= 11 is 0. The van der Waals surface area contributed by atoms with Crippen LogP contribution in [0.4, 0.5) is 5.69 Å². The fourth-order valence-corrected chi connectivity index (χ4v) is 3.08. The van der Waals surface area contributed by atoms with Crippen molar-refractivity contribution in [1.82, 2.24) is 5.32 Å². The van der Waals surface area contributed by atoms with Gasteiger partial charge in [0.25, 0.3) is 0 Å². The van der Waals surface area contributed by atoms with E-state index in [1.54, 1.807) is 7.11 Å². The summed E-state index contributed by atoms with van der Waals surface area (Å²) in [6.45, 7) is 4.58. The van der Waals surface area contributed by atoms with Gasteiger partial charge in [0, 0.05) is 17.8 Å². The molecule has 1 fully saturated rings. The first-order valence-corrected chi connectivity index (χ1v) is 9.28. The first-order chi connectivity index (χ1) is 13.0. The highest BCUT2D eigenvalue weighted by Crippen LogP contribution is 2.47. The summed E-state index contributed by atoms with van der Waals surface area (Å²) in [7, 11) is 1.60. The molecule has 0 atom stereocenters. The fraction of sp³-hybridized carbons (Fsp3) is 0.364. The molecule has 1 aliphatic rings. The van der Waals surface area contributed by atoms with Crippen molar-refractivity contribution in [2.75, 3.05) is 12.4 Å². The third-order valence-corrected chi connectivity index (χ3v) is 5.09. The third kappa shape index (κ3) is 4.13. The molecule has 5 heteroatoms. The van der Waals surface area contributed by atoms with Crippen molar-refractivity contribution in [2.24, 2.45) is 5.41 Å². The number of methoxy groups -OCH3 is 1. The Morgan fingerprint density at radius 1 is 1.04 bits per heavy atom. The Kier molecular flexibility index (Phi) is 5.49. The average Bonchev–Trinajstić information content (AvgIpc) is 3.49. The van der Waals surface area contributed by atoms with Gasteiger partial charge in [-0.15, -0.1) is 0 Å². The predicted molar refractivity (Wildman–Crippen MR) is 106 cm³/mol. The molecule has 2 aromatic carbocycles. The van der Waals surface area contributed by atoms with Crippen LogP contribution < -0.4 is 15.4 Å². The molecular weight excluding hydrogens is 340 g/mol. The highest BCUT2D eigenvalue weighted by Gasteiger charge is 2.56. The number of amides is 2. The van der Waals surface area contributed by atoms with E-state index in [9.17, 15) is 9.59 Å². The van der Waals surface area contributed by atoms with E-state index in [2.05, 4.69) is 24.5 Å². The van der Waals surface area contributed by atoms with Gasteiger partial charge in [0.1, 0.15) is 11.2 Å². The minimum Gasteiger partial charge on any atom is -0.496 e. The molecule has 27 heavy (non-hydrogen) atoms. The molecule has 3 rings (SSSR count). The standard InChI is InChI=1S/C22H26N2O3/c1-15(2)16-8-10-18(11-9-16)24-21(26)22(12-13-22)20(25)23-14-17-6-4-5-7-19(17)27-3/h4-11,15H,12-14H2,1-3H3,(H,23,25)(H,24,26). The molecule has 2 aromatic rings. The van der Waals surface area contributed by atoms with E-state index >= 15 is 0 Å². The number of hydrogen-bond acceptors (Lipinski definition) is 3. The molecule has 142 valence electrons. The van der Waals surface area contributed by atoms with Crippen LogP contribution in [0.1, 0.15) is 43.7 Å². The average molecular weight is 366 g/mol. The SMILES string of the molecule is COc1ccccc1CNC(=O)C1(C(=O)Nc2ccc(C(C)C)cc2)CC1. The highest BCUT2D eigenvalue weighted by atomic mass is 16.5. The second-order valence-corrected chi connectivity index (χ2v) is 7.31. The highest BCUT2D eigenvalue weighted by molar-refractivity contribution is 6.13. The molecule has 0 heterocycles. The topological polar surface area (TPSA) is 67.4 Å². The van der Waals surface area contributed by atoms with E-state index < -0.39 is 5.41 Å². The molecule has 1 saturated carbocycles. The zero-order valence-corrected chi connectivity index (χ0v) is 16.0. The number of anilines is 1. The fourth-order valence-electron chi connectivity index (χ4n) is 3.08. The van der Waals surface area contributed by atoms with Crippen molar-refractivity contribution in [3.05, 3.63) is 59.7 Å². The number of carbonyl (C=O) groups is 2. The van der Waals surface area contributed by atoms with E-state index in [1.807, 2.05) is 48.5 Å². The Morgan fingerprint density at radius 3 is 2.30 bits per heavy atom. The van der Waals surface area contributed by atoms with Gasteiger partial charge in [0.2, 0.25) is 11.8 Å². The maximum absolute atomic E-state index is 12.7. The van der Waals surface area contributed by atoms with Crippen molar-refractivity contribution < 1.29 is 14.3 Å². The summed E-state index contributed by atoms with van der Waals surface area (Å²) in [5.41, 5.74) is 1.85. The van der Waals surface area contributed by atoms with Gasteiger partial charge in [0.05, 0.1) is 7.11 Å². The summed E-state index contributed by atoms with van der Waals surface area (Å²) < 4.78 is 5.30. The minimum atomic E-state index is -0.960. The van der Waals surface area contributed by atoms with Gasteiger partial charge in [0.15, 0.2) is 0 Å². The number of hydrogen-bond donors (Lipinski definition) is 2. The van der Waals surface area contributed by atoms with Crippen molar-refractivity contribution in [3.8, 4) is 5.75 Å². The van der Waals surface area contributed by atoms with Gasteiger partial charge in [-0.2, -0.15) is 0 Å². The first kappa shape index (κ1) is 19.0. The molecule has 2 amide bonds. The summed E-state index contributed by atoms with van der Waals surface area (Å²) in [4.78, 5) is 25.4. The molecule has 0 aliphatic heterocycles. The summed E-state index contributed by atoms with van der Waals surface area (Å²) in [5.74, 6) is 0.685. The largest absolute Gasteiger partial charge is 0.496 e. The van der Waals surface area contributed by atoms with Crippen LogP contribution >= 0.6 is 0 Å². The molecule has 0 aromatic heterocycles. The lowest BCUT2D eigenvalue weighted by Crippen LogP contribution is -2.39. The Balaban J connectivity index is 1.61. The normalized spacial score (nSPS) is 14.5. The molecule has 0 saturated heterocycles. The van der Waals surface area contributed by atoms with E-state index in [4.69, 9.17) is 4.74 Å². The van der Waals surface area contributed by atoms with Crippen molar-refractivity contribution in [1.29, 1.82) is 0 Å². The second kappa shape index (κ2) is 7.82. The molecule has 0 spiro atoms. The second-order valence-electron chi connectivity index (χ2n) is 7.31. The van der Waals surface area contributed by atoms with Gasteiger partial charge in [-0.3, -0.25) is 9.59 Å². The Bertz CT molecular complexity index is 824. The van der Waals surface area contributed by atoms with Gasteiger partial charge >= 0.3 is 0 Å². The molecule has 1 aliphatic carbocycles. The number of carbonyl (C=O) groups excluding carboxylic acids is 2. The molecule has 0 radical (unpaired) electrons. The van der Waals surface area contributed by atoms with Crippen LogP contribution in [0.5, 0.6) is 5.75 Å². The smallest absolute Gasteiger partial charge is 0.240 e. The Hall–Kier alpha value is -2.82. The van der Waals surface area contributed by atoms with Gasteiger partial charge in [-0.05, 0) is 42.5 Å². The van der Waals surface area contributed by atoms with E-state index in [0.29, 0.717) is 31.0 Å². The summed E-state index contributed by atoms with van der Waals surface area (Å²) in [6, 6.07) is 15.3. The molecule has 2 N–H and O–H groups in total. The van der Waals surface area contributed by atoms with Crippen LogP contribution in [-0.4, -0.2) is 18.9 Å². The van der Waals surface area contributed by atoms with Crippen LogP contribution in [0.3, 0.4) is 0 Å². The Morgan fingerprint density at radius 2 is 1.70 bits per heavy atom. The first-order valence-electron chi connectivity index (χ1n) is 9.28. The number of benzene rings is 2. The molecule has 0 unspecified atom stereocenters. The van der Waals surface area contributed by atoms with E-state index in [-0.39, 0.29) is 11.8 Å². The molecule has 0 bridgehead atoms. The zero-order valence-electron chi connectivity index (χ0n) is 16.0. The quantitative estimate of drug-likeness (QED) is 0.732. The van der Waals surface area contributed by atoms with Crippen molar-refractivity contribution in [2.45, 2.75) is 39.2 Å². The van der Waals surface area contributed by atoms with E-state index in [0.717, 1.165) is 11.3 Å². The van der Waals surface area contributed by atoms with Crippen LogP contribution in [0.15, 0.2) is 48.5 Å². The van der Waals surface area contributed by atoms with Crippen LogP contribution in [-0.2, 0) is 16.1 Å². The van der Waals surface area contributed by atoms with E-state index in [1.165, 1.54) is 5.56 Å². The van der Waals surface area contributed by atoms with Crippen molar-refractivity contribution in [3.63, 3.8) is 0 Å². The Labute approximate surface area is 160 Å². The van der Waals surface area contributed by atoms with Crippen LogP contribution in [0.2, 0.25) is 0 Å². The molecule has 5 nitrogen and oxygen atoms in total. The lowest BCUT2D eigenvalue weighted by atomic mass is 10.0. The van der Waals surface area contributed by atoms with Crippen LogP contribution in [0, 0.1) is 5.41 Å². The minimum absolute atomic E-state index is 0.232. The number of nitrogens with one attached hydrogen (secondary N) is 2. The maximum Gasteiger partial charge on any atom is 0.240 e. The maximum atomic E-state index is 12.7. The van der Waals surface area contributed by atoms with Crippen molar-refractivity contribution >= 4 is 17.5 Å². The lowest BCUT2D eigenvalue weighted by molar-refractivity contribution is -0.134. The number of rotatable bonds is 7. The lowest BCUT2D eigenvalue weighted by Gasteiger charge is -2.16. The number of para-hydroxylation sites is 1. The van der Waals surface area contributed by atoms with Crippen LogP contribution in [0.25, 0.3) is 0 Å². The predicted octanol–water partition coefficient (Wildman–Crippen LogP) is 3.85.